The van der Waals surface area contributed by atoms with Gasteiger partial charge in [0.1, 0.15) is 36.0 Å². The molecule has 52 heavy (non-hydrogen) atoms. The molecule has 0 aliphatic heterocycles. The van der Waals surface area contributed by atoms with Crippen LogP contribution in [0.25, 0.3) is 0 Å². The highest BCUT2D eigenvalue weighted by Gasteiger charge is 2.29. The molecular weight excluding hydrogens is 681 g/mol. The van der Waals surface area contributed by atoms with Crippen molar-refractivity contribution in [2.45, 2.75) is 83.6 Å². The maximum absolute atomic E-state index is 13.4. The molecule has 2 aromatic rings. The number of aliphatic carboxylic acids is 1. The van der Waals surface area contributed by atoms with E-state index in [9.17, 15) is 42.7 Å². The zero-order valence-electron chi connectivity index (χ0n) is 29.4. The van der Waals surface area contributed by atoms with E-state index in [1.807, 2.05) is 0 Å². The number of nitrogens with two attached hydrogens (primary N) is 1. The molecule has 2 aromatic carbocycles. The summed E-state index contributed by atoms with van der Waals surface area (Å²) in [7, 11) is 0. The lowest BCUT2D eigenvalue weighted by Gasteiger charge is -2.24. The van der Waals surface area contributed by atoms with Gasteiger partial charge >= 0.3 is 5.97 Å². The number of nitrogens with one attached hydrogen (secondary N) is 6. The lowest BCUT2D eigenvalue weighted by atomic mass is 10.0. The first kappa shape index (κ1) is 42.3. The summed E-state index contributed by atoms with van der Waals surface area (Å²) in [6, 6.07) is 7.63. The fourth-order valence-corrected chi connectivity index (χ4v) is 4.74. The number of benzene rings is 2. The second kappa shape index (κ2) is 20.7. The van der Waals surface area contributed by atoms with E-state index in [0.29, 0.717) is 5.56 Å². The Kier molecular flexibility index (Phi) is 16.9. The predicted molar refractivity (Wildman–Crippen MR) is 185 cm³/mol. The van der Waals surface area contributed by atoms with Gasteiger partial charge in [-0.3, -0.25) is 38.4 Å². The number of carbonyl (C=O) groups excluding carboxylic acids is 7. The number of carboxylic acids is 1. The zero-order chi connectivity index (χ0) is 39.0. The molecule has 0 heterocycles. The highest BCUT2D eigenvalue weighted by atomic mass is 19.1. The van der Waals surface area contributed by atoms with Crippen LogP contribution in [0.1, 0.15) is 62.9 Å². The number of hydrogen-bond donors (Lipinski definition) is 8. The van der Waals surface area contributed by atoms with Crippen LogP contribution in [0, 0.1) is 11.7 Å². The average molecular weight is 728 g/mol. The van der Waals surface area contributed by atoms with Crippen LogP contribution < -0.4 is 37.6 Å². The van der Waals surface area contributed by atoms with Crippen LogP contribution in [0.5, 0.6) is 0 Å². The fraction of sp³-hybridized carbons (Fsp3) is 0.429. The maximum atomic E-state index is 13.4. The number of carboxylic acid groups (broad SMARTS) is 1. The first-order chi connectivity index (χ1) is 24.5. The molecule has 5 atom stereocenters. The first-order valence-corrected chi connectivity index (χ1v) is 16.6. The minimum atomic E-state index is -1.36. The second-order valence-corrected chi connectivity index (χ2v) is 12.5. The Bertz CT molecular complexity index is 1590. The van der Waals surface area contributed by atoms with Crippen molar-refractivity contribution in [1.29, 1.82) is 0 Å². The van der Waals surface area contributed by atoms with Crippen LogP contribution in [0.2, 0.25) is 0 Å². The third kappa shape index (κ3) is 14.9. The number of carbonyl (C=O) groups is 8. The second-order valence-electron chi connectivity index (χ2n) is 12.5. The maximum Gasteiger partial charge on any atom is 0.303 e. The van der Waals surface area contributed by atoms with Crippen LogP contribution >= 0.6 is 0 Å². The lowest BCUT2D eigenvalue weighted by molar-refractivity contribution is -0.138. The van der Waals surface area contributed by atoms with Gasteiger partial charge < -0.3 is 42.7 Å². The monoisotopic (exact) mass is 727 g/mol. The normalized spacial score (nSPS) is 13.7. The SMILES string of the molecule is CC(C)C[C@H](NC(=O)[C@H](C)NC(=O)[C@H](Cc1ccccc1)NC(=O)c1ccc(F)cc1)C(=O)NCC(=O)N[C@@H](CCC(=O)O)C(=O)N[C@@H](C)C(N)=O. The van der Waals surface area contributed by atoms with E-state index in [1.54, 1.807) is 44.2 Å². The van der Waals surface area contributed by atoms with Crippen molar-refractivity contribution < 1.29 is 47.9 Å². The van der Waals surface area contributed by atoms with Gasteiger partial charge in [0.2, 0.25) is 35.4 Å². The molecule has 0 aromatic heterocycles. The van der Waals surface area contributed by atoms with Crippen molar-refractivity contribution in [3.63, 3.8) is 0 Å². The molecule has 0 aliphatic carbocycles. The van der Waals surface area contributed by atoms with E-state index < -0.39 is 96.3 Å². The van der Waals surface area contributed by atoms with Crippen LogP contribution in [0.15, 0.2) is 54.6 Å². The molecule has 7 amide bonds. The van der Waals surface area contributed by atoms with Crippen molar-refractivity contribution in [1.82, 2.24) is 31.9 Å². The standard InChI is InChI=1S/C35H46FN7O9/c1-19(2)16-26(33(50)38-18-28(44)41-25(14-15-29(45)46)34(51)39-20(3)30(37)47)42-31(48)21(4)40-35(52)27(17-22-8-6-5-7-9-22)43-32(49)23-10-12-24(36)13-11-23/h5-13,19-21,25-27H,14-18H2,1-4H3,(H2,37,47)(H,38,50)(H,39,51)(H,40,52)(H,41,44)(H,42,48)(H,43,49)(H,45,46)/t20-,21-,25-,26-,27-/m0/s1. The molecule has 0 bridgehead atoms. The van der Waals surface area contributed by atoms with Crippen LogP contribution in [0.3, 0.4) is 0 Å². The smallest absolute Gasteiger partial charge is 0.303 e. The highest BCUT2D eigenvalue weighted by molar-refractivity contribution is 5.99. The number of primary amides is 1. The summed E-state index contributed by atoms with van der Waals surface area (Å²) >= 11 is 0. The van der Waals surface area contributed by atoms with Crippen molar-refractivity contribution in [2.24, 2.45) is 11.7 Å². The summed E-state index contributed by atoms with van der Waals surface area (Å²) in [5.74, 6) is -7.27. The van der Waals surface area contributed by atoms with Gasteiger partial charge in [-0.2, -0.15) is 0 Å². The number of halogens is 1. The third-order valence-electron chi connectivity index (χ3n) is 7.61. The Labute approximate surface area is 300 Å². The van der Waals surface area contributed by atoms with E-state index in [2.05, 4.69) is 31.9 Å². The largest absolute Gasteiger partial charge is 0.481 e. The van der Waals surface area contributed by atoms with Crippen molar-refractivity contribution in [3.8, 4) is 0 Å². The van der Waals surface area contributed by atoms with Crippen molar-refractivity contribution in [3.05, 3.63) is 71.5 Å². The van der Waals surface area contributed by atoms with Crippen LogP contribution in [-0.4, -0.2) is 89.2 Å². The molecule has 0 saturated carbocycles. The molecule has 2 rings (SSSR count). The molecule has 282 valence electrons. The molecule has 0 fully saturated rings. The minimum absolute atomic E-state index is 0.0669. The Morgan fingerprint density at radius 2 is 1.29 bits per heavy atom. The fourth-order valence-electron chi connectivity index (χ4n) is 4.74. The first-order valence-electron chi connectivity index (χ1n) is 16.6. The van der Waals surface area contributed by atoms with Gasteiger partial charge in [-0.1, -0.05) is 44.2 Å². The molecule has 0 aliphatic rings. The van der Waals surface area contributed by atoms with Gasteiger partial charge in [-0.15, -0.1) is 0 Å². The Morgan fingerprint density at radius 1 is 0.692 bits per heavy atom. The molecule has 16 nitrogen and oxygen atoms in total. The molecule has 0 unspecified atom stereocenters. The van der Waals surface area contributed by atoms with Crippen LogP contribution in [-0.2, 0) is 40.0 Å². The zero-order valence-corrected chi connectivity index (χ0v) is 29.4. The van der Waals surface area contributed by atoms with E-state index in [0.717, 1.165) is 12.1 Å². The molecule has 17 heteroatoms. The summed E-state index contributed by atoms with van der Waals surface area (Å²) in [5, 5.41) is 23.8. The quantitative estimate of drug-likeness (QED) is 0.0887. The van der Waals surface area contributed by atoms with Gasteiger partial charge in [-0.05, 0) is 62.4 Å². The Hall–Kier alpha value is -5.87. The topological polar surface area (TPSA) is 255 Å². The van der Waals surface area contributed by atoms with E-state index in [-0.39, 0.29) is 30.7 Å². The van der Waals surface area contributed by atoms with E-state index in [4.69, 9.17) is 10.8 Å². The molecule has 0 radical (unpaired) electrons. The van der Waals surface area contributed by atoms with E-state index in [1.165, 1.54) is 26.0 Å². The van der Waals surface area contributed by atoms with Gasteiger partial charge in [0, 0.05) is 18.4 Å². The van der Waals surface area contributed by atoms with Gasteiger partial charge in [-0.25, -0.2) is 4.39 Å². The lowest BCUT2D eigenvalue weighted by Crippen LogP contribution is -2.57. The number of rotatable bonds is 20. The van der Waals surface area contributed by atoms with Crippen LogP contribution in [0.4, 0.5) is 4.39 Å². The predicted octanol–water partition coefficient (Wildman–Crippen LogP) is -0.342. The molecule has 0 spiro atoms. The summed E-state index contributed by atoms with van der Waals surface area (Å²) in [5.41, 5.74) is 5.98. The molecule has 9 N–H and O–H groups in total. The van der Waals surface area contributed by atoms with E-state index >= 15 is 0 Å². The molecule has 0 saturated heterocycles. The third-order valence-corrected chi connectivity index (χ3v) is 7.61. The summed E-state index contributed by atoms with van der Waals surface area (Å²) in [6.07, 6.45) is -0.596. The Morgan fingerprint density at radius 3 is 1.87 bits per heavy atom. The highest BCUT2D eigenvalue weighted by Crippen LogP contribution is 2.09. The van der Waals surface area contributed by atoms with Gasteiger partial charge in [0.15, 0.2) is 0 Å². The van der Waals surface area contributed by atoms with Crippen molar-refractivity contribution >= 4 is 47.3 Å². The summed E-state index contributed by atoms with van der Waals surface area (Å²) < 4.78 is 13.4. The minimum Gasteiger partial charge on any atom is -0.481 e. The van der Waals surface area contributed by atoms with Gasteiger partial charge in [0.25, 0.3) is 5.91 Å². The Balaban J connectivity index is 2.08. The van der Waals surface area contributed by atoms with Gasteiger partial charge in [0.05, 0.1) is 6.54 Å². The summed E-state index contributed by atoms with van der Waals surface area (Å²) in [6.45, 7) is 5.63. The summed E-state index contributed by atoms with van der Waals surface area (Å²) in [4.78, 5) is 100. The molecular formula is C35H46FN7O9. The average Bonchev–Trinajstić information content (AvgIpc) is 3.08. The number of amides is 7. The number of hydrogen-bond acceptors (Lipinski definition) is 8. The van der Waals surface area contributed by atoms with Crippen molar-refractivity contribution in [2.75, 3.05) is 6.54 Å².